The van der Waals surface area contributed by atoms with Crippen LogP contribution in [-0.2, 0) is 19.4 Å². The minimum atomic E-state index is 0.494. The molecule has 0 amide bonds. The first-order chi connectivity index (χ1) is 9.28. The topological polar surface area (TPSA) is 29.9 Å². The summed E-state index contributed by atoms with van der Waals surface area (Å²) in [7, 11) is 0. The lowest BCUT2D eigenvalue weighted by atomic mass is 9.95. The van der Waals surface area contributed by atoms with E-state index in [1.54, 1.807) is 0 Å². The molecule has 1 atom stereocenters. The van der Waals surface area contributed by atoms with E-state index in [-0.39, 0.29) is 0 Å². The highest BCUT2D eigenvalue weighted by atomic mass is 79.9. The molecular formula is C15H18BrN3. The lowest BCUT2D eigenvalue weighted by Crippen LogP contribution is -2.28. The zero-order chi connectivity index (χ0) is 13.2. The molecule has 0 saturated heterocycles. The van der Waals surface area contributed by atoms with Crippen LogP contribution < -0.4 is 5.32 Å². The van der Waals surface area contributed by atoms with Gasteiger partial charge in [0.05, 0.1) is 16.4 Å². The first-order valence-electron chi connectivity index (χ1n) is 6.82. The number of aryl methyl sites for hydroxylation is 2. The Bertz CT molecular complexity index is 577. The summed E-state index contributed by atoms with van der Waals surface area (Å²) < 4.78 is 3.20. The summed E-state index contributed by atoms with van der Waals surface area (Å²) in [6.07, 6.45) is 5.25. The molecule has 4 heteroatoms. The molecule has 0 saturated carbocycles. The second kappa shape index (κ2) is 5.37. The van der Waals surface area contributed by atoms with E-state index in [0.29, 0.717) is 6.04 Å². The van der Waals surface area contributed by atoms with Crippen LogP contribution in [0.25, 0.3) is 0 Å². The van der Waals surface area contributed by atoms with Gasteiger partial charge in [-0.15, -0.1) is 0 Å². The predicted octanol–water partition coefficient (Wildman–Crippen LogP) is 3.63. The van der Waals surface area contributed by atoms with Gasteiger partial charge in [-0.2, -0.15) is 5.10 Å². The predicted molar refractivity (Wildman–Crippen MR) is 81.5 cm³/mol. The van der Waals surface area contributed by atoms with Gasteiger partial charge in [0.1, 0.15) is 0 Å². The van der Waals surface area contributed by atoms with E-state index in [2.05, 4.69) is 62.2 Å². The number of hydrogen-bond acceptors (Lipinski definition) is 2. The monoisotopic (exact) mass is 319 g/mol. The van der Waals surface area contributed by atoms with Crippen molar-refractivity contribution in [3.63, 3.8) is 0 Å². The van der Waals surface area contributed by atoms with Crippen molar-refractivity contribution in [2.75, 3.05) is 5.32 Å². The Kier molecular flexibility index (Phi) is 3.60. The number of halogens is 1. The molecule has 1 N–H and O–H groups in total. The van der Waals surface area contributed by atoms with Gasteiger partial charge in [0.15, 0.2) is 0 Å². The van der Waals surface area contributed by atoms with Crippen molar-refractivity contribution in [1.82, 2.24) is 9.78 Å². The van der Waals surface area contributed by atoms with E-state index in [9.17, 15) is 0 Å². The number of rotatable bonds is 3. The number of nitrogens with one attached hydrogen (secondary N) is 1. The van der Waals surface area contributed by atoms with Crippen molar-refractivity contribution in [3.05, 3.63) is 46.2 Å². The molecule has 0 spiro atoms. The molecule has 100 valence electrons. The van der Waals surface area contributed by atoms with Crippen molar-refractivity contribution in [1.29, 1.82) is 0 Å². The molecule has 2 heterocycles. The van der Waals surface area contributed by atoms with Gasteiger partial charge in [-0.3, -0.25) is 4.68 Å². The van der Waals surface area contributed by atoms with Gasteiger partial charge in [-0.1, -0.05) is 18.2 Å². The molecule has 3 nitrogen and oxygen atoms in total. The van der Waals surface area contributed by atoms with Crippen LogP contribution >= 0.6 is 15.9 Å². The Hall–Kier alpha value is -1.29. The van der Waals surface area contributed by atoms with E-state index in [1.807, 2.05) is 6.20 Å². The molecule has 0 radical (unpaired) electrons. The molecule has 1 aliphatic heterocycles. The van der Waals surface area contributed by atoms with Gasteiger partial charge in [-0.05, 0) is 47.3 Å². The number of fused-ring (bicyclic) bond motifs is 1. The Morgan fingerprint density at radius 3 is 3.11 bits per heavy atom. The molecule has 1 aliphatic rings. The van der Waals surface area contributed by atoms with Crippen LogP contribution in [-0.4, -0.2) is 15.8 Å². The maximum Gasteiger partial charge on any atom is 0.0635 e. The third-order valence-corrected chi connectivity index (χ3v) is 4.44. The number of anilines is 1. The van der Waals surface area contributed by atoms with E-state index >= 15 is 0 Å². The third-order valence-electron chi connectivity index (χ3n) is 3.78. The summed E-state index contributed by atoms with van der Waals surface area (Å²) in [5.74, 6) is 0. The SMILES string of the molecule is CCn1ncc(Br)c1CC1CCc2ccccc2N1. The minimum Gasteiger partial charge on any atom is -0.382 e. The summed E-state index contributed by atoms with van der Waals surface area (Å²) in [6, 6.07) is 9.09. The maximum atomic E-state index is 4.39. The fourth-order valence-electron chi connectivity index (χ4n) is 2.75. The lowest BCUT2D eigenvalue weighted by molar-refractivity contribution is 0.565. The molecule has 0 aliphatic carbocycles. The Morgan fingerprint density at radius 2 is 2.26 bits per heavy atom. The Morgan fingerprint density at radius 1 is 1.42 bits per heavy atom. The van der Waals surface area contributed by atoms with Crippen LogP contribution in [0.15, 0.2) is 34.9 Å². The highest BCUT2D eigenvalue weighted by molar-refractivity contribution is 9.10. The first kappa shape index (κ1) is 12.7. The minimum absolute atomic E-state index is 0.494. The van der Waals surface area contributed by atoms with E-state index in [1.165, 1.54) is 23.4 Å². The molecule has 19 heavy (non-hydrogen) atoms. The maximum absolute atomic E-state index is 4.39. The van der Waals surface area contributed by atoms with Crippen LogP contribution in [0.1, 0.15) is 24.6 Å². The zero-order valence-corrected chi connectivity index (χ0v) is 12.7. The van der Waals surface area contributed by atoms with Crippen LogP contribution in [0.3, 0.4) is 0 Å². The van der Waals surface area contributed by atoms with Crippen LogP contribution in [0.2, 0.25) is 0 Å². The Labute approximate surface area is 122 Å². The van der Waals surface area contributed by atoms with E-state index < -0.39 is 0 Å². The van der Waals surface area contributed by atoms with Crippen molar-refractivity contribution >= 4 is 21.6 Å². The second-order valence-corrected chi connectivity index (χ2v) is 5.85. The van der Waals surface area contributed by atoms with Crippen LogP contribution in [0.5, 0.6) is 0 Å². The summed E-state index contributed by atoms with van der Waals surface area (Å²) in [6.45, 7) is 3.05. The van der Waals surface area contributed by atoms with Crippen molar-refractivity contribution in [2.24, 2.45) is 0 Å². The normalized spacial score (nSPS) is 17.9. The number of nitrogens with zero attached hydrogens (tertiary/aromatic N) is 2. The van der Waals surface area contributed by atoms with Crippen molar-refractivity contribution in [2.45, 2.75) is 38.8 Å². The fourth-order valence-corrected chi connectivity index (χ4v) is 3.21. The second-order valence-electron chi connectivity index (χ2n) is 5.00. The summed E-state index contributed by atoms with van der Waals surface area (Å²) in [5, 5.41) is 8.04. The highest BCUT2D eigenvalue weighted by Gasteiger charge is 2.20. The molecular weight excluding hydrogens is 302 g/mol. The van der Waals surface area contributed by atoms with E-state index in [4.69, 9.17) is 0 Å². The van der Waals surface area contributed by atoms with Crippen molar-refractivity contribution < 1.29 is 0 Å². The summed E-state index contributed by atoms with van der Waals surface area (Å²) in [5.41, 5.74) is 4.01. The number of hydrogen-bond donors (Lipinski definition) is 1. The van der Waals surface area contributed by atoms with E-state index in [0.717, 1.165) is 23.9 Å². The average Bonchev–Trinajstić information content (AvgIpc) is 2.79. The molecule has 1 unspecified atom stereocenters. The highest BCUT2D eigenvalue weighted by Crippen LogP contribution is 2.27. The van der Waals surface area contributed by atoms with Gasteiger partial charge in [0.2, 0.25) is 0 Å². The molecule has 1 aromatic carbocycles. The van der Waals surface area contributed by atoms with Gasteiger partial charge in [-0.25, -0.2) is 0 Å². The van der Waals surface area contributed by atoms with Crippen LogP contribution in [0.4, 0.5) is 5.69 Å². The van der Waals surface area contributed by atoms with Gasteiger partial charge in [0.25, 0.3) is 0 Å². The number of benzene rings is 1. The van der Waals surface area contributed by atoms with Crippen molar-refractivity contribution in [3.8, 4) is 0 Å². The first-order valence-corrected chi connectivity index (χ1v) is 7.62. The number of para-hydroxylation sites is 1. The van der Waals surface area contributed by atoms with Gasteiger partial charge in [0, 0.05) is 24.7 Å². The average molecular weight is 320 g/mol. The molecule has 3 rings (SSSR count). The smallest absolute Gasteiger partial charge is 0.0635 e. The molecule has 2 aromatic rings. The standard InChI is InChI=1S/C15H18BrN3/c1-2-19-15(13(16)10-17-19)9-12-8-7-11-5-3-4-6-14(11)18-12/h3-6,10,12,18H,2,7-9H2,1H3. The summed E-state index contributed by atoms with van der Waals surface area (Å²) >= 11 is 3.61. The van der Waals surface area contributed by atoms with Gasteiger partial charge >= 0.3 is 0 Å². The lowest BCUT2D eigenvalue weighted by Gasteiger charge is -2.27. The fraction of sp³-hybridized carbons (Fsp3) is 0.400. The molecule has 1 aromatic heterocycles. The molecule has 0 bridgehead atoms. The quantitative estimate of drug-likeness (QED) is 0.936. The number of aromatic nitrogens is 2. The third kappa shape index (κ3) is 2.54. The molecule has 0 fully saturated rings. The zero-order valence-electron chi connectivity index (χ0n) is 11.1. The Balaban J connectivity index is 1.77. The van der Waals surface area contributed by atoms with Gasteiger partial charge < -0.3 is 5.32 Å². The van der Waals surface area contributed by atoms with Crippen LogP contribution in [0, 0.1) is 0 Å². The summed E-state index contributed by atoms with van der Waals surface area (Å²) in [4.78, 5) is 0. The largest absolute Gasteiger partial charge is 0.382 e.